The Bertz CT molecular complexity index is 254. The fourth-order valence-corrected chi connectivity index (χ4v) is 3.10. The van der Waals surface area contributed by atoms with E-state index in [9.17, 15) is 4.79 Å². The van der Waals surface area contributed by atoms with Crippen molar-refractivity contribution in [2.45, 2.75) is 52.1 Å². The standard InChI is InChI=1S/C13H24N2O/c1-3-5-12-14-8-13(16)15(12)9-11-7-4-6-10(11)2/h10-12,14H,3-9H2,1-2H3. The number of hydrogen-bond acceptors (Lipinski definition) is 2. The van der Waals surface area contributed by atoms with Crippen molar-refractivity contribution in [2.75, 3.05) is 13.1 Å². The van der Waals surface area contributed by atoms with Gasteiger partial charge in [0.1, 0.15) is 0 Å². The Labute approximate surface area is 98.6 Å². The lowest BCUT2D eigenvalue weighted by molar-refractivity contribution is -0.128. The van der Waals surface area contributed by atoms with Crippen LogP contribution in [0.3, 0.4) is 0 Å². The lowest BCUT2D eigenvalue weighted by atomic mass is 9.97. The van der Waals surface area contributed by atoms with Gasteiger partial charge in [-0.3, -0.25) is 10.1 Å². The molecule has 1 N–H and O–H groups in total. The molecule has 92 valence electrons. The van der Waals surface area contributed by atoms with Crippen molar-refractivity contribution < 1.29 is 4.79 Å². The average Bonchev–Trinajstić information content (AvgIpc) is 2.80. The number of hydrogen-bond donors (Lipinski definition) is 1. The highest BCUT2D eigenvalue weighted by Crippen LogP contribution is 2.32. The molecule has 2 fully saturated rings. The molecule has 0 radical (unpaired) electrons. The summed E-state index contributed by atoms with van der Waals surface area (Å²) in [5, 5.41) is 3.32. The van der Waals surface area contributed by atoms with E-state index < -0.39 is 0 Å². The Morgan fingerprint density at radius 3 is 2.88 bits per heavy atom. The summed E-state index contributed by atoms with van der Waals surface area (Å²) >= 11 is 0. The molecule has 3 nitrogen and oxygen atoms in total. The summed E-state index contributed by atoms with van der Waals surface area (Å²) in [6.07, 6.45) is 6.54. The predicted octanol–water partition coefficient (Wildman–Crippen LogP) is 1.98. The fraction of sp³-hybridized carbons (Fsp3) is 0.923. The number of amides is 1. The number of carbonyl (C=O) groups is 1. The van der Waals surface area contributed by atoms with Crippen LogP contribution in [0.2, 0.25) is 0 Å². The summed E-state index contributed by atoms with van der Waals surface area (Å²) < 4.78 is 0. The molecule has 1 aliphatic carbocycles. The first-order valence-corrected chi connectivity index (χ1v) is 6.75. The third kappa shape index (κ3) is 2.40. The van der Waals surface area contributed by atoms with Crippen LogP contribution in [0.1, 0.15) is 46.0 Å². The van der Waals surface area contributed by atoms with Gasteiger partial charge >= 0.3 is 0 Å². The summed E-state index contributed by atoms with van der Waals surface area (Å²) in [4.78, 5) is 13.9. The number of nitrogens with zero attached hydrogens (tertiary/aromatic N) is 1. The van der Waals surface area contributed by atoms with Gasteiger partial charge in [-0.1, -0.05) is 33.1 Å². The molecule has 0 aromatic rings. The molecule has 0 spiro atoms. The summed E-state index contributed by atoms with van der Waals surface area (Å²) in [7, 11) is 0. The molecule has 1 heterocycles. The Balaban J connectivity index is 1.92. The van der Waals surface area contributed by atoms with Gasteiger partial charge in [0.2, 0.25) is 5.91 Å². The van der Waals surface area contributed by atoms with Gasteiger partial charge in [0.25, 0.3) is 0 Å². The zero-order valence-electron chi connectivity index (χ0n) is 10.5. The van der Waals surface area contributed by atoms with E-state index in [2.05, 4.69) is 24.1 Å². The lowest BCUT2D eigenvalue weighted by Gasteiger charge is -2.28. The molecule has 0 aromatic carbocycles. The molecule has 1 saturated heterocycles. The Morgan fingerprint density at radius 2 is 2.25 bits per heavy atom. The first kappa shape index (κ1) is 11.9. The van der Waals surface area contributed by atoms with Crippen molar-refractivity contribution in [3.8, 4) is 0 Å². The second-order valence-corrected chi connectivity index (χ2v) is 5.40. The molecular formula is C13H24N2O. The zero-order valence-corrected chi connectivity index (χ0v) is 10.5. The maximum atomic E-state index is 11.8. The normalized spacial score (nSPS) is 35.0. The van der Waals surface area contributed by atoms with Crippen LogP contribution >= 0.6 is 0 Å². The van der Waals surface area contributed by atoms with Crippen LogP contribution in [0.5, 0.6) is 0 Å². The van der Waals surface area contributed by atoms with E-state index in [4.69, 9.17) is 0 Å². The summed E-state index contributed by atoms with van der Waals surface area (Å²) in [6, 6.07) is 0. The summed E-state index contributed by atoms with van der Waals surface area (Å²) in [6.45, 7) is 6.05. The number of carbonyl (C=O) groups excluding carboxylic acids is 1. The van der Waals surface area contributed by atoms with Gasteiger partial charge in [-0.05, 0) is 24.7 Å². The molecule has 1 aliphatic heterocycles. The van der Waals surface area contributed by atoms with E-state index in [1.54, 1.807) is 0 Å². The van der Waals surface area contributed by atoms with Crippen LogP contribution in [0.25, 0.3) is 0 Å². The third-order valence-electron chi connectivity index (χ3n) is 4.22. The molecule has 3 heteroatoms. The van der Waals surface area contributed by atoms with Crippen molar-refractivity contribution in [1.29, 1.82) is 0 Å². The first-order valence-electron chi connectivity index (χ1n) is 6.75. The van der Waals surface area contributed by atoms with Crippen molar-refractivity contribution >= 4 is 5.91 Å². The van der Waals surface area contributed by atoms with E-state index in [0.717, 1.165) is 31.2 Å². The molecule has 1 saturated carbocycles. The van der Waals surface area contributed by atoms with Crippen molar-refractivity contribution in [3.05, 3.63) is 0 Å². The summed E-state index contributed by atoms with van der Waals surface area (Å²) in [5.74, 6) is 1.84. The minimum Gasteiger partial charge on any atom is -0.326 e. The van der Waals surface area contributed by atoms with Gasteiger partial charge in [-0.25, -0.2) is 0 Å². The lowest BCUT2D eigenvalue weighted by Crippen LogP contribution is -2.40. The largest absolute Gasteiger partial charge is 0.326 e. The molecule has 2 aliphatic rings. The Hall–Kier alpha value is -0.570. The Morgan fingerprint density at radius 1 is 1.44 bits per heavy atom. The molecule has 1 amide bonds. The van der Waals surface area contributed by atoms with E-state index in [-0.39, 0.29) is 0 Å². The van der Waals surface area contributed by atoms with Gasteiger partial charge in [0, 0.05) is 6.54 Å². The molecule has 0 aromatic heterocycles. The van der Waals surface area contributed by atoms with Crippen LogP contribution in [0.4, 0.5) is 0 Å². The number of rotatable bonds is 4. The van der Waals surface area contributed by atoms with Crippen LogP contribution in [0, 0.1) is 11.8 Å². The highest BCUT2D eigenvalue weighted by Gasteiger charge is 2.34. The third-order valence-corrected chi connectivity index (χ3v) is 4.22. The minimum atomic E-state index is 0.303. The van der Waals surface area contributed by atoms with Crippen LogP contribution < -0.4 is 5.32 Å². The number of nitrogens with one attached hydrogen (secondary N) is 1. The predicted molar refractivity (Wildman–Crippen MR) is 64.9 cm³/mol. The van der Waals surface area contributed by atoms with Gasteiger partial charge < -0.3 is 4.90 Å². The highest BCUT2D eigenvalue weighted by molar-refractivity contribution is 5.80. The average molecular weight is 224 g/mol. The minimum absolute atomic E-state index is 0.303. The van der Waals surface area contributed by atoms with Crippen LogP contribution in [-0.2, 0) is 4.79 Å². The first-order chi connectivity index (χ1) is 7.72. The molecule has 0 bridgehead atoms. The van der Waals surface area contributed by atoms with E-state index in [0.29, 0.717) is 18.6 Å². The van der Waals surface area contributed by atoms with E-state index in [1.165, 1.54) is 19.3 Å². The maximum Gasteiger partial charge on any atom is 0.237 e. The van der Waals surface area contributed by atoms with Gasteiger partial charge in [0.15, 0.2) is 0 Å². The molecule has 16 heavy (non-hydrogen) atoms. The van der Waals surface area contributed by atoms with Gasteiger partial charge in [0.05, 0.1) is 12.7 Å². The second kappa shape index (κ2) is 5.17. The highest BCUT2D eigenvalue weighted by atomic mass is 16.2. The fourth-order valence-electron chi connectivity index (χ4n) is 3.10. The van der Waals surface area contributed by atoms with Gasteiger partial charge in [-0.15, -0.1) is 0 Å². The zero-order chi connectivity index (χ0) is 11.5. The smallest absolute Gasteiger partial charge is 0.237 e. The quantitative estimate of drug-likeness (QED) is 0.792. The van der Waals surface area contributed by atoms with E-state index >= 15 is 0 Å². The summed E-state index contributed by atoms with van der Waals surface area (Å²) in [5.41, 5.74) is 0. The maximum absolute atomic E-state index is 11.8. The SMILES string of the molecule is CCCC1NCC(=O)N1CC1CCCC1C. The van der Waals surface area contributed by atoms with Crippen molar-refractivity contribution in [3.63, 3.8) is 0 Å². The van der Waals surface area contributed by atoms with Crippen LogP contribution in [0.15, 0.2) is 0 Å². The molecule has 3 atom stereocenters. The Kier molecular flexibility index (Phi) is 3.85. The van der Waals surface area contributed by atoms with E-state index in [1.807, 2.05) is 0 Å². The van der Waals surface area contributed by atoms with Crippen LogP contribution in [-0.4, -0.2) is 30.1 Å². The monoisotopic (exact) mass is 224 g/mol. The second-order valence-electron chi connectivity index (χ2n) is 5.40. The van der Waals surface area contributed by atoms with Crippen molar-refractivity contribution in [1.82, 2.24) is 10.2 Å². The van der Waals surface area contributed by atoms with Gasteiger partial charge in [-0.2, -0.15) is 0 Å². The topological polar surface area (TPSA) is 32.3 Å². The molecular weight excluding hydrogens is 200 g/mol. The molecule has 2 rings (SSSR count). The van der Waals surface area contributed by atoms with Crippen molar-refractivity contribution in [2.24, 2.45) is 11.8 Å². The molecule has 3 unspecified atom stereocenters.